The van der Waals surface area contributed by atoms with E-state index < -0.39 is 0 Å². The normalized spacial score (nSPS) is 11.6. The number of fused-ring (bicyclic) bond motifs is 1. The quantitative estimate of drug-likeness (QED) is 0.319. The number of aliphatic imine (C=N–C) groups is 1. The smallest absolute Gasteiger partial charge is 0.319 e. The first-order valence-electron chi connectivity index (χ1n) is 8.15. The van der Waals surface area contributed by atoms with Gasteiger partial charge in [0.1, 0.15) is 5.52 Å². The molecule has 0 bridgehead atoms. The van der Waals surface area contributed by atoms with Crippen LogP contribution in [0.3, 0.4) is 0 Å². The minimum absolute atomic E-state index is 0.842. The summed E-state index contributed by atoms with van der Waals surface area (Å²) in [7, 11) is 2.06. The maximum Gasteiger partial charge on any atom is 0.385 e. The fraction of sp³-hybridized carbons (Fsp3) is 0.0476. The molecule has 0 saturated carbocycles. The Morgan fingerprint density at radius 1 is 0.840 bits per heavy atom. The highest BCUT2D eigenvalue weighted by Crippen LogP contribution is 2.26. The van der Waals surface area contributed by atoms with Crippen molar-refractivity contribution in [3.05, 3.63) is 90.5 Å². The number of para-hydroxylation sites is 2. The molecule has 3 aromatic carbocycles. The number of nitrogens with zero attached hydrogens (tertiary/aromatic N) is 2. The highest BCUT2D eigenvalue weighted by atomic mass is 32.1. The largest absolute Gasteiger partial charge is 0.385 e. The van der Waals surface area contributed by atoms with Crippen molar-refractivity contribution in [1.29, 1.82) is 0 Å². The van der Waals surface area contributed by atoms with Gasteiger partial charge in [-0.15, -0.1) is 0 Å². The average Bonchev–Trinajstić information content (AvgIpc) is 2.99. The van der Waals surface area contributed by atoms with Crippen LogP contribution in [0.1, 0.15) is 5.56 Å². The monoisotopic (exact) mass is 344 g/mol. The molecular formula is C21H18N3S+. The summed E-state index contributed by atoms with van der Waals surface area (Å²) in [5.41, 5.74) is 3.27. The van der Waals surface area contributed by atoms with Crippen LogP contribution in [0.2, 0.25) is 0 Å². The average molecular weight is 344 g/mol. The second kappa shape index (κ2) is 6.87. The Morgan fingerprint density at radius 3 is 2.20 bits per heavy atom. The van der Waals surface area contributed by atoms with E-state index in [1.165, 1.54) is 10.2 Å². The molecule has 1 aromatic heterocycles. The number of amidine groups is 1. The third-order valence-electron chi connectivity index (χ3n) is 4.01. The van der Waals surface area contributed by atoms with Crippen molar-refractivity contribution < 1.29 is 4.57 Å². The molecule has 0 amide bonds. The SMILES string of the molecule is C[n+]1c(N=C(Nc2ccccc2)c2ccccc2)sc2ccccc21. The summed E-state index contributed by atoms with van der Waals surface area (Å²) in [6, 6.07) is 28.7. The van der Waals surface area contributed by atoms with E-state index in [1.807, 2.05) is 48.5 Å². The molecule has 4 heteroatoms. The van der Waals surface area contributed by atoms with Crippen LogP contribution in [0.25, 0.3) is 10.2 Å². The highest BCUT2D eigenvalue weighted by Gasteiger charge is 2.18. The summed E-state index contributed by atoms with van der Waals surface area (Å²) in [5.74, 6) is 0.842. The van der Waals surface area contributed by atoms with Gasteiger partial charge in [-0.05, 0) is 52.7 Å². The molecule has 0 fully saturated rings. The van der Waals surface area contributed by atoms with Crippen molar-refractivity contribution in [2.45, 2.75) is 0 Å². The summed E-state index contributed by atoms with van der Waals surface area (Å²) in [5, 5.41) is 4.42. The number of benzene rings is 3. The fourth-order valence-corrected chi connectivity index (χ4v) is 3.73. The molecule has 0 atom stereocenters. The molecule has 0 saturated heterocycles. The van der Waals surface area contributed by atoms with Gasteiger partial charge in [-0.1, -0.05) is 48.5 Å². The first kappa shape index (κ1) is 15.5. The zero-order chi connectivity index (χ0) is 17.1. The van der Waals surface area contributed by atoms with Gasteiger partial charge in [0.2, 0.25) is 0 Å². The van der Waals surface area contributed by atoms with Crippen LogP contribution in [0.15, 0.2) is 89.9 Å². The lowest BCUT2D eigenvalue weighted by molar-refractivity contribution is -0.627. The zero-order valence-corrected chi connectivity index (χ0v) is 14.7. The van der Waals surface area contributed by atoms with Gasteiger partial charge in [0.05, 0.1) is 11.7 Å². The molecule has 0 aliphatic heterocycles. The topological polar surface area (TPSA) is 28.3 Å². The van der Waals surface area contributed by atoms with E-state index in [0.717, 1.165) is 22.2 Å². The molecule has 3 nitrogen and oxygen atoms in total. The van der Waals surface area contributed by atoms with Crippen molar-refractivity contribution in [3.8, 4) is 0 Å². The van der Waals surface area contributed by atoms with Gasteiger partial charge < -0.3 is 5.32 Å². The number of hydrogen-bond donors (Lipinski definition) is 1. The Kier molecular flexibility index (Phi) is 4.27. The van der Waals surface area contributed by atoms with Gasteiger partial charge in [0.15, 0.2) is 0 Å². The van der Waals surface area contributed by atoms with Crippen LogP contribution >= 0.6 is 11.3 Å². The van der Waals surface area contributed by atoms with Gasteiger partial charge in [-0.3, -0.25) is 0 Å². The number of nitrogens with one attached hydrogen (secondary N) is 1. The molecule has 4 rings (SSSR count). The van der Waals surface area contributed by atoms with Crippen LogP contribution in [0, 0.1) is 0 Å². The zero-order valence-electron chi connectivity index (χ0n) is 13.9. The van der Waals surface area contributed by atoms with Gasteiger partial charge in [0, 0.05) is 11.3 Å². The molecule has 122 valence electrons. The van der Waals surface area contributed by atoms with E-state index in [2.05, 4.69) is 53.3 Å². The van der Waals surface area contributed by atoms with E-state index in [1.54, 1.807) is 11.3 Å². The third kappa shape index (κ3) is 3.30. The van der Waals surface area contributed by atoms with Crippen LogP contribution in [-0.2, 0) is 7.05 Å². The molecule has 0 spiro atoms. The van der Waals surface area contributed by atoms with E-state index in [0.29, 0.717) is 0 Å². The molecule has 0 aliphatic rings. The van der Waals surface area contributed by atoms with Crippen molar-refractivity contribution in [1.82, 2.24) is 0 Å². The molecule has 4 aromatic rings. The number of aryl methyl sites for hydroxylation is 1. The summed E-state index contributed by atoms with van der Waals surface area (Å²) in [6.45, 7) is 0. The minimum Gasteiger partial charge on any atom is -0.319 e. The molecule has 0 aliphatic carbocycles. The standard InChI is InChI=1S/C21H17N3S/c1-24-18-14-8-9-15-19(18)25-21(24)23-20(16-10-4-2-5-11-16)22-17-12-6-3-7-13-17/h2-15H,1H3/p+1. The van der Waals surface area contributed by atoms with Crippen molar-refractivity contribution in [2.75, 3.05) is 5.32 Å². The van der Waals surface area contributed by atoms with Crippen LogP contribution in [0.5, 0.6) is 0 Å². The minimum atomic E-state index is 0.842. The predicted octanol–water partition coefficient (Wildman–Crippen LogP) is 4.92. The second-order valence-electron chi connectivity index (χ2n) is 5.73. The summed E-state index contributed by atoms with van der Waals surface area (Å²) in [4.78, 5) is 4.95. The highest BCUT2D eigenvalue weighted by molar-refractivity contribution is 7.21. The summed E-state index contributed by atoms with van der Waals surface area (Å²) >= 11 is 1.69. The Morgan fingerprint density at radius 2 is 1.48 bits per heavy atom. The van der Waals surface area contributed by atoms with E-state index >= 15 is 0 Å². The summed E-state index contributed by atoms with van der Waals surface area (Å²) in [6.07, 6.45) is 0. The first-order chi connectivity index (χ1) is 12.3. The van der Waals surface area contributed by atoms with Crippen LogP contribution in [-0.4, -0.2) is 5.84 Å². The molecule has 25 heavy (non-hydrogen) atoms. The molecule has 0 unspecified atom stereocenters. The Hall–Kier alpha value is -2.98. The van der Waals surface area contributed by atoms with Gasteiger partial charge in [0.25, 0.3) is 5.84 Å². The fourth-order valence-electron chi connectivity index (χ4n) is 2.70. The van der Waals surface area contributed by atoms with Crippen molar-refractivity contribution in [3.63, 3.8) is 0 Å². The molecule has 0 radical (unpaired) electrons. The number of thiazole rings is 1. The van der Waals surface area contributed by atoms with Crippen LogP contribution < -0.4 is 9.88 Å². The lowest BCUT2D eigenvalue weighted by atomic mass is 10.2. The Balaban J connectivity index is 1.81. The number of rotatable bonds is 3. The summed E-state index contributed by atoms with van der Waals surface area (Å²) < 4.78 is 3.37. The van der Waals surface area contributed by atoms with Gasteiger partial charge in [-0.25, -0.2) is 4.57 Å². The molecule has 1 N–H and O–H groups in total. The van der Waals surface area contributed by atoms with Crippen molar-refractivity contribution in [2.24, 2.45) is 12.0 Å². The maximum absolute atomic E-state index is 4.95. The third-order valence-corrected chi connectivity index (χ3v) is 5.12. The Bertz CT molecular complexity index is 1020. The second-order valence-corrected chi connectivity index (χ2v) is 6.74. The van der Waals surface area contributed by atoms with Crippen molar-refractivity contribution >= 4 is 38.2 Å². The maximum atomic E-state index is 4.95. The lowest BCUT2D eigenvalue weighted by Gasteiger charge is -2.05. The van der Waals surface area contributed by atoms with Gasteiger partial charge in [-0.2, -0.15) is 0 Å². The lowest BCUT2D eigenvalue weighted by Crippen LogP contribution is -2.26. The molecular weight excluding hydrogens is 326 g/mol. The van der Waals surface area contributed by atoms with Gasteiger partial charge >= 0.3 is 5.13 Å². The number of anilines is 1. The predicted molar refractivity (Wildman–Crippen MR) is 106 cm³/mol. The van der Waals surface area contributed by atoms with E-state index in [-0.39, 0.29) is 0 Å². The number of aromatic nitrogens is 1. The Labute approximate surface area is 150 Å². The van der Waals surface area contributed by atoms with E-state index in [9.17, 15) is 0 Å². The van der Waals surface area contributed by atoms with Crippen LogP contribution in [0.4, 0.5) is 10.8 Å². The number of hydrogen-bond acceptors (Lipinski definition) is 2. The molecule has 1 heterocycles. The van der Waals surface area contributed by atoms with E-state index in [4.69, 9.17) is 4.99 Å². The first-order valence-corrected chi connectivity index (χ1v) is 8.97.